The number of ether oxygens (including phenoxy) is 1. The van der Waals surface area contributed by atoms with Gasteiger partial charge in [-0.2, -0.15) is 0 Å². The number of hydrogen-bond donors (Lipinski definition) is 10. The van der Waals surface area contributed by atoms with E-state index in [0.29, 0.717) is 49.7 Å². The molecule has 0 radical (unpaired) electrons. The minimum atomic E-state index is -1.04. The molecule has 59 heavy (non-hydrogen) atoms. The SMILES string of the molecule is CC[C@@]12C#C[C@@H]3C=C[C@@H](c4ccc(O)c(O[C@@H]5C[C@H](Cc6ccc[nH]6)C6=CCNC(N)=C6CSSC[C@H](CO)[C@H]5O)c4)C[C@@H](O)[C@H]3[C@@H](O)[C@@H](CC1)C[C@@H](NC[C@H](C)O)C2. The third-order valence-electron chi connectivity index (χ3n) is 13.6. The fourth-order valence-corrected chi connectivity index (χ4v) is 12.6. The molecular weight excluding hydrogens is 785 g/mol. The number of H-pyrrole nitrogens is 1. The Labute approximate surface area is 357 Å². The van der Waals surface area contributed by atoms with Gasteiger partial charge in [0, 0.05) is 83.8 Å². The maximum Gasteiger partial charge on any atom is 0.161 e. The van der Waals surface area contributed by atoms with E-state index in [4.69, 9.17) is 10.5 Å². The smallest absolute Gasteiger partial charge is 0.161 e. The zero-order valence-electron chi connectivity index (χ0n) is 34.3. The number of aromatic nitrogens is 1. The Kier molecular flexibility index (Phi) is 14.7. The van der Waals surface area contributed by atoms with E-state index < -0.39 is 42.4 Å². The second-order valence-corrected chi connectivity index (χ2v) is 20.1. The molecule has 13 atom stereocenters. The Morgan fingerprint density at radius 3 is 2.71 bits per heavy atom. The molecule has 7 rings (SSSR count). The zero-order valence-corrected chi connectivity index (χ0v) is 35.9. The third-order valence-corrected chi connectivity index (χ3v) is 16.0. The lowest BCUT2D eigenvalue weighted by molar-refractivity contribution is -0.0358. The molecule has 13 heteroatoms. The molecule has 0 amide bonds. The molecule has 2 bridgehead atoms. The van der Waals surface area contributed by atoms with Crippen molar-refractivity contribution in [3.05, 3.63) is 83.0 Å². The molecule has 0 unspecified atom stereocenters. The maximum absolute atomic E-state index is 12.1. The number of hydrogen-bond acceptors (Lipinski definition) is 12. The van der Waals surface area contributed by atoms with Crippen LogP contribution >= 0.6 is 21.6 Å². The average molecular weight is 849 g/mol. The van der Waals surface area contributed by atoms with E-state index in [1.54, 1.807) is 40.6 Å². The molecule has 1 saturated carbocycles. The van der Waals surface area contributed by atoms with Crippen LogP contribution in [-0.2, 0) is 6.42 Å². The van der Waals surface area contributed by atoms with Crippen LogP contribution in [0.25, 0.3) is 0 Å². The summed E-state index contributed by atoms with van der Waals surface area (Å²) in [4.78, 5) is 3.34. The number of aliphatic hydroxyl groups is 5. The van der Waals surface area contributed by atoms with Crippen molar-refractivity contribution in [2.24, 2.45) is 40.7 Å². The van der Waals surface area contributed by atoms with E-state index in [0.717, 1.165) is 54.5 Å². The van der Waals surface area contributed by atoms with Crippen molar-refractivity contribution < 1.29 is 35.4 Å². The molecule has 11 nitrogen and oxygen atoms in total. The van der Waals surface area contributed by atoms with Gasteiger partial charge in [0.25, 0.3) is 0 Å². The first-order valence-corrected chi connectivity index (χ1v) is 24.0. The van der Waals surface area contributed by atoms with Gasteiger partial charge in [-0.15, -0.1) is 0 Å². The number of phenols is 1. The number of rotatable bonds is 10. The number of benzene rings is 1. The summed E-state index contributed by atoms with van der Waals surface area (Å²) in [5.74, 6) is 7.52. The first-order chi connectivity index (χ1) is 28.5. The summed E-state index contributed by atoms with van der Waals surface area (Å²) in [7, 11) is 3.24. The summed E-state index contributed by atoms with van der Waals surface area (Å²) in [5, 5.41) is 74.8. The third kappa shape index (κ3) is 10.4. The molecule has 2 fully saturated rings. The number of nitrogens with two attached hydrogens (primary N) is 1. The average Bonchev–Trinajstić information content (AvgIpc) is 3.60. The molecule has 1 aromatic carbocycles. The minimum Gasteiger partial charge on any atom is -0.504 e. The number of aromatic amines is 1. The van der Waals surface area contributed by atoms with Crippen molar-refractivity contribution in [2.45, 2.75) is 108 Å². The molecular formula is C46H64N4O7S2. The van der Waals surface area contributed by atoms with E-state index >= 15 is 0 Å². The first kappa shape index (κ1) is 44.0. The second kappa shape index (κ2) is 19.8. The Hall–Kier alpha value is -3.06. The highest BCUT2D eigenvalue weighted by Crippen LogP contribution is 2.46. The quantitative estimate of drug-likeness (QED) is 0.0900. The molecule has 11 N–H and O–H groups in total. The van der Waals surface area contributed by atoms with Crippen LogP contribution in [0.5, 0.6) is 11.5 Å². The lowest BCUT2D eigenvalue weighted by Crippen LogP contribution is -2.44. The van der Waals surface area contributed by atoms with Crippen LogP contribution in [0.3, 0.4) is 0 Å². The number of dihydropyridines is 1. The Bertz CT molecular complexity index is 1880. The number of fused-ring (bicyclic) bond motifs is 5. The van der Waals surface area contributed by atoms with Crippen LogP contribution in [0.15, 0.2) is 71.7 Å². The predicted octanol–water partition coefficient (Wildman–Crippen LogP) is 4.72. The van der Waals surface area contributed by atoms with E-state index in [2.05, 4.69) is 52.6 Å². The van der Waals surface area contributed by atoms with Crippen LogP contribution < -0.4 is 21.1 Å². The maximum atomic E-state index is 12.1. The number of nitrogens with one attached hydrogen (secondary N) is 3. The Balaban J connectivity index is 1.18. The molecule has 3 aliphatic carbocycles. The van der Waals surface area contributed by atoms with E-state index in [9.17, 15) is 30.6 Å². The highest BCUT2D eigenvalue weighted by molar-refractivity contribution is 8.76. The van der Waals surface area contributed by atoms with Gasteiger partial charge in [0.2, 0.25) is 0 Å². The summed E-state index contributed by atoms with van der Waals surface area (Å²) in [6.07, 6.45) is 9.90. The van der Waals surface area contributed by atoms with Crippen molar-refractivity contribution in [1.82, 2.24) is 15.6 Å². The molecule has 3 heterocycles. The van der Waals surface area contributed by atoms with Crippen LogP contribution in [0, 0.1) is 46.8 Å². The Morgan fingerprint density at radius 2 is 1.95 bits per heavy atom. The first-order valence-electron chi connectivity index (χ1n) is 21.5. The van der Waals surface area contributed by atoms with Crippen LogP contribution in [-0.4, -0.2) is 103 Å². The van der Waals surface area contributed by atoms with Gasteiger partial charge in [-0.3, -0.25) is 0 Å². The molecule has 5 aliphatic rings. The van der Waals surface area contributed by atoms with E-state index in [1.807, 2.05) is 24.4 Å². The monoisotopic (exact) mass is 848 g/mol. The molecule has 1 aromatic heterocycles. The van der Waals surface area contributed by atoms with Gasteiger partial charge in [0.1, 0.15) is 11.9 Å². The van der Waals surface area contributed by atoms with Crippen LogP contribution in [0.1, 0.15) is 76.0 Å². The lowest BCUT2D eigenvalue weighted by atomic mass is 9.75. The zero-order chi connectivity index (χ0) is 41.7. The summed E-state index contributed by atoms with van der Waals surface area (Å²) in [6.45, 7) is 4.81. The summed E-state index contributed by atoms with van der Waals surface area (Å²) in [5.41, 5.74) is 10.4. The van der Waals surface area contributed by atoms with Crippen LogP contribution in [0.2, 0.25) is 0 Å². The van der Waals surface area contributed by atoms with Gasteiger partial charge >= 0.3 is 0 Å². The fraction of sp³-hybridized carbons (Fsp3) is 0.609. The summed E-state index contributed by atoms with van der Waals surface area (Å²) >= 11 is 0. The predicted molar refractivity (Wildman–Crippen MR) is 235 cm³/mol. The van der Waals surface area contributed by atoms with E-state index in [-0.39, 0.29) is 53.2 Å². The molecule has 2 aromatic rings. The van der Waals surface area contributed by atoms with Crippen molar-refractivity contribution in [3.8, 4) is 23.3 Å². The van der Waals surface area contributed by atoms with Gasteiger partial charge in [-0.25, -0.2) is 0 Å². The van der Waals surface area contributed by atoms with Gasteiger partial charge in [-0.05, 0) is 106 Å². The molecule has 2 aliphatic heterocycles. The van der Waals surface area contributed by atoms with Crippen molar-refractivity contribution >= 4 is 21.6 Å². The number of allylic oxidation sites excluding steroid dienone is 3. The summed E-state index contributed by atoms with van der Waals surface area (Å²) < 4.78 is 6.72. The van der Waals surface area contributed by atoms with Crippen molar-refractivity contribution in [2.75, 3.05) is 31.2 Å². The highest BCUT2D eigenvalue weighted by Gasteiger charge is 2.45. The number of aliphatic hydroxyl groups excluding tert-OH is 5. The largest absolute Gasteiger partial charge is 0.504 e. The number of phenolic OH excluding ortho intramolecular Hbond substituents is 1. The van der Waals surface area contributed by atoms with Gasteiger partial charge in [0.05, 0.1) is 24.4 Å². The Morgan fingerprint density at radius 1 is 1.10 bits per heavy atom. The molecule has 0 spiro atoms. The molecule has 322 valence electrons. The van der Waals surface area contributed by atoms with Crippen LogP contribution in [0.4, 0.5) is 0 Å². The van der Waals surface area contributed by atoms with Gasteiger partial charge in [0.15, 0.2) is 11.5 Å². The fourth-order valence-electron chi connectivity index (χ4n) is 10.1. The van der Waals surface area contributed by atoms with Gasteiger partial charge < -0.3 is 56.7 Å². The van der Waals surface area contributed by atoms with Crippen molar-refractivity contribution in [3.63, 3.8) is 0 Å². The minimum absolute atomic E-state index is 0.0328. The van der Waals surface area contributed by atoms with Gasteiger partial charge in [-0.1, -0.05) is 64.6 Å². The standard InChI is InChI=1S/C46H64N4O7S2/c1-3-46-13-10-28-6-7-29(19-39(54)42(28)44(56)31(11-14-46)17-35(22-46)50-23-27(2)52)30-8-9-38(53)40(20-30)57-41-21-32(18-34-5-4-15-48-34)36-12-16-49-45(47)37(36)26-59-58-25-33(24-51)43(41)55/h4-9,12,15,20,27-29,31-33,35,39,41-44,48-56H,3,11,14,16-19,21-26,47H2,1-2H3/t27-,28-,29+,31-,32-,33-,35+,39+,41+,42-,43+,44-,46+/m0/s1. The molecule has 1 saturated heterocycles. The highest BCUT2D eigenvalue weighted by atomic mass is 33.1. The normalized spacial score (nSPS) is 35.7. The number of aromatic hydroxyl groups is 1. The lowest BCUT2D eigenvalue weighted by Gasteiger charge is -2.36. The van der Waals surface area contributed by atoms with E-state index in [1.165, 1.54) is 0 Å². The van der Waals surface area contributed by atoms with Crippen molar-refractivity contribution in [1.29, 1.82) is 0 Å². The second-order valence-electron chi connectivity index (χ2n) is 17.6. The topological polar surface area (TPSA) is 196 Å². The summed E-state index contributed by atoms with van der Waals surface area (Å²) in [6, 6.07) is 9.37.